The minimum atomic E-state index is 0.396. The van der Waals surface area contributed by atoms with Crippen LogP contribution in [-0.2, 0) is 6.42 Å². The van der Waals surface area contributed by atoms with E-state index in [-0.39, 0.29) is 0 Å². The smallest absolute Gasteiger partial charge is 0.161 e. The lowest BCUT2D eigenvalue weighted by molar-refractivity contribution is 0.354. The van der Waals surface area contributed by atoms with E-state index < -0.39 is 0 Å². The summed E-state index contributed by atoms with van der Waals surface area (Å²) >= 11 is 1.81. The highest BCUT2D eigenvalue weighted by molar-refractivity contribution is 7.10. The SMILES string of the molecule is COc1cc2c(cc1OC)C(c1cccs1)CNCC2. The van der Waals surface area contributed by atoms with Crippen LogP contribution >= 0.6 is 11.3 Å². The summed E-state index contributed by atoms with van der Waals surface area (Å²) in [7, 11) is 3.38. The van der Waals surface area contributed by atoms with E-state index in [2.05, 4.69) is 35.0 Å². The van der Waals surface area contributed by atoms with Gasteiger partial charge in [-0.1, -0.05) is 6.07 Å². The summed E-state index contributed by atoms with van der Waals surface area (Å²) < 4.78 is 10.9. The van der Waals surface area contributed by atoms with E-state index in [1.165, 1.54) is 16.0 Å². The Kier molecular flexibility index (Phi) is 3.94. The second-order valence-corrected chi connectivity index (χ2v) is 5.91. The van der Waals surface area contributed by atoms with Gasteiger partial charge in [0.05, 0.1) is 14.2 Å². The summed E-state index contributed by atoms with van der Waals surface area (Å²) in [6.45, 7) is 1.98. The van der Waals surface area contributed by atoms with Crippen LogP contribution in [0.25, 0.3) is 0 Å². The molecule has 0 saturated carbocycles. The van der Waals surface area contributed by atoms with Gasteiger partial charge >= 0.3 is 0 Å². The third-order valence-corrected chi connectivity index (χ3v) is 4.81. The van der Waals surface area contributed by atoms with Gasteiger partial charge in [0, 0.05) is 17.3 Å². The van der Waals surface area contributed by atoms with E-state index in [0.29, 0.717) is 5.92 Å². The number of methoxy groups -OCH3 is 2. The highest BCUT2D eigenvalue weighted by atomic mass is 32.1. The van der Waals surface area contributed by atoms with Crippen LogP contribution in [0.2, 0.25) is 0 Å². The van der Waals surface area contributed by atoms with Crippen molar-refractivity contribution in [1.82, 2.24) is 5.32 Å². The second kappa shape index (κ2) is 5.85. The van der Waals surface area contributed by atoms with Gasteiger partial charge < -0.3 is 14.8 Å². The lowest BCUT2D eigenvalue weighted by atomic mass is 9.92. The number of nitrogens with one attached hydrogen (secondary N) is 1. The first-order valence-electron chi connectivity index (χ1n) is 6.82. The monoisotopic (exact) mass is 289 g/mol. The average molecular weight is 289 g/mol. The summed E-state index contributed by atoms with van der Waals surface area (Å²) in [5.74, 6) is 2.03. The van der Waals surface area contributed by atoms with Gasteiger partial charge in [-0.25, -0.2) is 0 Å². The number of hydrogen-bond acceptors (Lipinski definition) is 4. The molecule has 0 fully saturated rings. The average Bonchev–Trinajstić information content (AvgIpc) is 2.93. The molecule has 1 N–H and O–H groups in total. The van der Waals surface area contributed by atoms with Crippen molar-refractivity contribution < 1.29 is 9.47 Å². The fraction of sp³-hybridized carbons (Fsp3) is 0.375. The van der Waals surface area contributed by atoms with Crippen molar-refractivity contribution in [3.8, 4) is 11.5 Å². The quantitative estimate of drug-likeness (QED) is 0.942. The first kappa shape index (κ1) is 13.5. The van der Waals surface area contributed by atoms with Crippen LogP contribution in [0.1, 0.15) is 21.9 Å². The molecule has 20 heavy (non-hydrogen) atoms. The lowest BCUT2D eigenvalue weighted by Gasteiger charge is -2.19. The molecule has 0 amide bonds. The van der Waals surface area contributed by atoms with Crippen molar-refractivity contribution >= 4 is 11.3 Å². The molecule has 0 radical (unpaired) electrons. The van der Waals surface area contributed by atoms with Crippen LogP contribution in [0, 0.1) is 0 Å². The molecule has 0 aliphatic carbocycles. The maximum atomic E-state index is 5.47. The van der Waals surface area contributed by atoms with E-state index in [1.807, 2.05) is 11.3 Å². The first-order valence-corrected chi connectivity index (χ1v) is 7.70. The Labute approximate surface area is 123 Å². The summed E-state index contributed by atoms with van der Waals surface area (Å²) in [5, 5.41) is 5.67. The maximum absolute atomic E-state index is 5.47. The van der Waals surface area contributed by atoms with Gasteiger partial charge in [0.25, 0.3) is 0 Å². The van der Waals surface area contributed by atoms with Gasteiger partial charge in [-0.15, -0.1) is 11.3 Å². The molecule has 0 bridgehead atoms. The minimum absolute atomic E-state index is 0.396. The Morgan fingerprint density at radius 3 is 2.70 bits per heavy atom. The molecule has 1 aliphatic heterocycles. The summed E-state index contributed by atoms with van der Waals surface area (Å²) in [5.41, 5.74) is 2.71. The largest absolute Gasteiger partial charge is 0.493 e. The normalized spacial score (nSPS) is 18.2. The minimum Gasteiger partial charge on any atom is -0.493 e. The van der Waals surface area contributed by atoms with Gasteiger partial charge in [-0.3, -0.25) is 0 Å². The molecule has 1 aliphatic rings. The summed E-state index contributed by atoms with van der Waals surface area (Å²) in [6, 6.07) is 8.60. The van der Waals surface area contributed by atoms with Crippen molar-refractivity contribution in [2.45, 2.75) is 12.3 Å². The molecule has 0 saturated heterocycles. The predicted octanol–water partition coefficient (Wildman–Crippen LogP) is 3.04. The molecule has 1 aromatic heterocycles. The molecular formula is C16H19NO2S. The molecule has 3 nitrogen and oxygen atoms in total. The number of thiophene rings is 1. The van der Waals surface area contributed by atoms with Gasteiger partial charge in [0.2, 0.25) is 0 Å². The Hall–Kier alpha value is -1.52. The third-order valence-electron chi connectivity index (χ3n) is 3.83. The van der Waals surface area contributed by atoms with Crippen LogP contribution in [-0.4, -0.2) is 27.3 Å². The van der Waals surface area contributed by atoms with Gasteiger partial charge in [-0.2, -0.15) is 0 Å². The summed E-state index contributed by atoms with van der Waals surface area (Å²) in [4.78, 5) is 1.40. The topological polar surface area (TPSA) is 30.5 Å². The Bertz CT molecular complexity index is 580. The fourth-order valence-electron chi connectivity index (χ4n) is 2.80. The van der Waals surface area contributed by atoms with E-state index in [9.17, 15) is 0 Å². The van der Waals surface area contributed by atoms with Crippen LogP contribution < -0.4 is 14.8 Å². The van der Waals surface area contributed by atoms with Crippen LogP contribution in [0.4, 0.5) is 0 Å². The fourth-order valence-corrected chi connectivity index (χ4v) is 3.65. The summed E-state index contributed by atoms with van der Waals surface area (Å²) in [6.07, 6.45) is 1.03. The van der Waals surface area contributed by atoms with Crippen molar-refractivity contribution in [2.75, 3.05) is 27.3 Å². The molecule has 3 rings (SSSR count). The number of hydrogen-bond donors (Lipinski definition) is 1. The van der Waals surface area contributed by atoms with Crippen molar-refractivity contribution in [3.63, 3.8) is 0 Å². The Morgan fingerprint density at radius 1 is 1.20 bits per heavy atom. The highest BCUT2D eigenvalue weighted by Crippen LogP contribution is 2.38. The molecule has 1 unspecified atom stereocenters. The van der Waals surface area contributed by atoms with Crippen LogP contribution in [0.15, 0.2) is 29.6 Å². The number of benzene rings is 1. The van der Waals surface area contributed by atoms with Gasteiger partial charge in [0.1, 0.15) is 0 Å². The van der Waals surface area contributed by atoms with Gasteiger partial charge in [-0.05, 0) is 47.7 Å². The zero-order valence-electron chi connectivity index (χ0n) is 11.8. The Balaban J connectivity index is 2.10. The molecule has 0 spiro atoms. The third kappa shape index (κ3) is 2.41. The number of fused-ring (bicyclic) bond motifs is 1. The number of rotatable bonds is 3. The molecule has 1 atom stereocenters. The van der Waals surface area contributed by atoms with E-state index in [4.69, 9.17) is 9.47 Å². The lowest BCUT2D eigenvalue weighted by Crippen LogP contribution is -2.20. The standard InChI is InChI=1S/C16H19NO2S/c1-18-14-8-11-5-6-17-10-13(16-4-3-7-20-16)12(11)9-15(14)19-2/h3-4,7-9,13,17H,5-6,10H2,1-2H3. The van der Waals surface area contributed by atoms with Crippen LogP contribution in [0.3, 0.4) is 0 Å². The molecule has 2 heterocycles. The van der Waals surface area contributed by atoms with E-state index in [0.717, 1.165) is 31.0 Å². The molecule has 2 aromatic rings. The van der Waals surface area contributed by atoms with E-state index in [1.54, 1.807) is 14.2 Å². The van der Waals surface area contributed by atoms with E-state index >= 15 is 0 Å². The highest BCUT2D eigenvalue weighted by Gasteiger charge is 2.23. The molecule has 106 valence electrons. The molecule has 1 aromatic carbocycles. The van der Waals surface area contributed by atoms with Crippen molar-refractivity contribution in [1.29, 1.82) is 0 Å². The zero-order chi connectivity index (χ0) is 13.9. The van der Waals surface area contributed by atoms with Crippen LogP contribution in [0.5, 0.6) is 11.5 Å². The van der Waals surface area contributed by atoms with Crippen molar-refractivity contribution in [2.24, 2.45) is 0 Å². The molecule has 4 heteroatoms. The zero-order valence-corrected chi connectivity index (χ0v) is 12.6. The number of ether oxygens (including phenoxy) is 2. The second-order valence-electron chi connectivity index (χ2n) is 4.93. The van der Waals surface area contributed by atoms with Gasteiger partial charge in [0.15, 0.2) is 11.5 Å². The molecular weight excluding hydrogens is 270 g/mol. The van der Waals surface area contributed by atoms with Crippen molar-refractivity contribution in [3.05, 3.63) is 45.6 Å². The predicted molar refractivity (Wildman–Crippen MR) is 82.3 cm³/mol. The maximum Gasteiger partial charge on any atom is 0.161 e. The first-order chi connectivity index (χ1) is 9.83. The Morgan fingerprint density at radius 2 is 2.00 bits per heavy atom.